The molecule has 0 radical (unpaired) electrons. The van der Waals surface area contributed by atoms with Crippen LogP contribution in [0.2, 0.25) is 0 Å². The maximum Gasteiger partial charge on any atom is 0.256 e. The summed E-state index contributed by atoms with van der Waals surface area (Å²) in [4.78, 5) is 31.1. The number of carbonyl (C=O) groups excluding carboxylic acids is 1. The van der Waals surface area contributed by atoms with Crippen molar-refractivity contribution in [2.75, 3.05) is 31.1 Å². The van der Waals surface area contributed by atoms with E-state index in [0.717, 1.165) is 48.1 Å². The van der Waals surface area contributed by atoms with Crippen LogP contribution in [0, 0.1) is 13.8 Å². The van der Waals surface area contributed by atoms with E-state index in [2.05, 4.69) is 19.9 Å². The van der Waals surface area contributed by atoms with Crippen molar-refractivity contribution in [3.05, 3.63) is 71.7 Å². The van der Waals surface area contributed by atoms with Crippen LogP contribution in [-0.2, 0) is 0 Å². The number of aryl methyl sites for hydroxylation is 2. The van der Waals surface area contributed by atoms with E-state index < -0.39 is 0 Å². The standard InChI is InChI=1S/C23H25N5O/c1-17-16-18(2)26-23(25-17)28-13-7-12-27(14-15-28)22(29)20-10-6-11-24-21(20)19-8-4-3-5-9-19/h3-6,8-11,16H,7,12-15H2,1-2H3. The highest BCUT2D eigenvalue weighted by atomic mass is 16.2. The summed E-state index contributed by atoms with van der Waals surface area (Å²) in [7, 11) is 0. The van der Waals surface area contributed by atoms with Crippen LogP contribution in [0.1, 0.15) is 28.2 Å². The zero-order valence-corrected chi connectivity index (χ0v) is 16.9. The number of hydrogen-bond donors (Lipinski definition) is 0. The van der Waals surface area contributed by atoms with Crippen molar-refractivity contribution in [2.45, 2.75) is 20.3 Å². The van der Waals surface area contributed by atoms with Gasteiger partial charge >= 0.3 is 0 Å². The van der Waals surface area contributed by atoms with Crippen molar-refractivity contribution in [2.24, 2.45) is 0 Å². The first kappa shape index (κ1) is 19.1. The highest BCUT2D eigenvalue weighted by molar-refractivity contribution is 5.99. The monoisotopic (exact) mass is 387 g/mol. The smallest absolute Gasteiger partial charge is 0.256 e. The van der Waals surface area contributed by atoms with E-state index in [1.54, 1.807) is 6.20 Å². The Hall–Kier alpha value is -3.28. The number of nitrogens with zero attached hydrogens (tertiary/aromatic N) is 5. The molecule has 1 aliphatic heterocycles. The molecule has 0 atom stereocenters. The highest BCUT2D eigenvalue weighted by Crippen LogP contribution is 2.23. The molecule has 1 fully saturated rings. The third-order valence-electron chi connectivity index (χ3n) is 5.12. The Kier molecular flexibility index (Phi) is 5.51. The van der Waals surface area contributed by atoms with Crippen LogP contribution in [0.4, 0.5) is 5.95 Å². The molecule has 0 saturated carbocycles. The number of carbonyl (C=O) groups is 1. The SMILES string of the molecule is Cc1cc(C)nc(N2CCCN(C(=O)c3cccnc3-c3ccccc3)CC2)n1. The summed E-state index contributed by atoms with van der Waals surface area (Å²) in [6.07, 6.45) is 2.61. The van der Waals surface area contributed by atoms with Crippen molar-refractivity contribution in [1.82, 2.24) is 19.9 Å². The van der Waals surface area contributed by atoms with Gasteiger partial charge in [0.1, 0.15) is 0 Å². The first-order chi connectivity index (χ1) is 14.1. The number of benzene rings is 1. The Morgan fingerprint density at radius 3 is 2.41 bits per heavy atom. The van der Waals surface area contributed by atoms with Gasteiger partial charge in [0.2, 0.25) is 5.95 Å². The molecule has 1 aromatic carbocycles. The summed E-state index contributed by atoms with van der Waals surface area (Å²) in [5.41, 5.74) is 4.27. The van der Waals surface area contributed by atoms with Crippen molar-refractivity contribution in [3.8, 4) is 11.3 Å². The van der Waals surface area contributed by atoms with Gasteiger partial charge in [0, 0.05) is 49.3 Å². The van der Waals surface area contributed by atoms with Gasteiger partial charge in [-0.2, -0.15) is 0 Å². The molecule has 0 bridgehead atoms. The van der Waals surface area contributed by atoms with E-state index in [-0.39, 0.29) is 5.91 Å². The van der Waals surface area contributed by atoms with Crippen LogP contribution in [0.5, 0.6) is 0 Å². The van der Waals surface area contributed by atoms with Gasteiger partial charge in [-0.1, -0.05) is 30.3 Å². The molecule has 0 N–H and O–H groups in total. The maximum atomic E-state index is 13.3. The largest absolute Gasteiger partial charge is 0.339 e. The molecule has 3 aromatic rings. The molecule has 1 aliphatic rings. The average molecular weight is 387 g/mol. The number of amides is 1. The number of rotatable bonds is 3. The molecule has 6 nitrogen and oxygen atoms in total. The van der Waals surface area contributed by atoms with Crippen molar-refractivity contribution < 1.29 is 4.79 Å². The fourth-order valence-electron chi connectivity index (χ4n) is 3.74. The molecule has 6 heteroatoms. The van der Waals surface area contributed by atoms with Gasteiger partial charge in [-0.3, -0.25) is 9.78 Å². The zero-order chi connectivity index (χ0) is 20.2. The Morgan fingerprint density at radius 2 is 1.66 bits per heavy atom. The lowest BCUT2D eigenvalue weighted by Gasteiger charge is -2.23. The molecule has 2 aromatic heterocycles. The summed E-state index contributed by atoms with van der Waals surface area (Å²) in [5, 5.41) is 0. The molecule has 0 spiro atoms. The second kappa shape index (κ2) is 8.39. The molecule has 1 amide bonds. The Labute approximate surface area is 171 Å². The molecule has 0 unspecified atom stereocenters. The molecule has 29 heavy (non-hydrogen) atoms. The van der Waals surface area contributed by atoms with Gasteiger partial charge in [-0.25, -0.2) is 9.97 Å². The number of pyridine rings is 1. The lowest BCUT2D eigenvalue weighted by Crippen LogP contribution is -2.36. The third-order valence-corrected chi connectivity index (χ3v) is 5.12. The molecule has 148 valence electrons. The Bertz CT molecular complexity index is 985. The number of aromatic nitrogens is 3. The van der Waals surface area contributed by atoms with Crippen LogP contribution in [0.3, 0.4) is 0 Å². The zero-order valence-electron chi connectivity index (χ0n) is 16.9. The highest BCUT2D eigenvalue weighted by Gasteiger charge is 2.24. The lowest BCUT2D eigenvalue weighted by molar-refractivity contribution is 0.0767. The van der Waals surface area contributed by atoms with Crippen LogP contribution >= 0.6 is 0 Å². The third kappa shape index (κ3) is 4.26. The summed E-state index contributed by atoms with van der Waals surface area (Å²) in [6, 6.07) is 15.5. The second-order valence-electron chi connectivity index (χ2n) is 7.35. The minimum atomic E-state index is 0.0279. The average Bonchev–Trinajstić information content (AvgIpc) is 2.99. The summed E-state index contributed by atoms with van der Waals surface area (Å²) in [5.74, 6) is 0.781. The van der Waals surface area contributed by atoms with Crippen LogP contribution < -0.4 is 4.90 Å². The predicted octanol–water partition coefficient (Wildman–Crippen LogP) is 3.51. The summed E-state index contributed by atoms with van der Waals surface area (Å²) in [6.45, 7) is 6.88. The van der Waals surface area contributed by atoms with Gasteiger partial charge in [-0.05, 0) is 38.5 Å². The predicted molar refractivity (Wildman–Crippen MR) is 114 cm³/mol. The van der Waals surface area contributed by atoms with Crippen molar-refractivity contribution >= 4 is 11.9 Å². The van der Waals surface area contributed by atoms with Gasteiger partial charge < -0.3 is 9.80 Å². The fraction of sp³-hybridized carbons (Fsp3) is 0.304. The molecular weight excluding hydrogens is 362 g/mol. The van der Waals surface area contributed by atoms with Crippen molar-refractivity contribution in [3.63, 3.8) is 0 Å². The maximum absolute atomic E-state index is 13.3. The van der Waals surface area contributed by atoms with Gasteiger partial charge in [0.05, 0.1) is 11.3 Å². The van der Waals surface area contributed by atoms with E-state index in [0.29, 0.717) is 18.7 Å². The number of hydrogen-bond acceptors (Lipinski definition) is 5. The van der Waals surface area contributed by atoms with E-state index in [4.69, 9.17) is 0 Å². The normalized spacial score (nSPS) is 14.6. The van der Waals surface area contributed by atoms with Crippen LogP contribution in [-0.4, -0.2) is 51.9 Å². The van der Waals surface area contributed by atoms with E-state index in [9.17, 15) is 4.79 Å². The molecule has 0 aliphatic carbocycles. The van der Waals surface area contributed by atoms with E-state index in [1.807, 2.05) is 67.3 Å². The van der Waals surface area contributed by atoms with Gasteiger partial charge in [-0.15, -0.1) is 0 Å². The molecule has 4 rings (SSSR count). The van der Waals surface area contributed by atoms with Gasteiger partial charge in [0.25, 0.3) is 5.91 Å². The van der Waals surface area contributed by atoms with Crippen LogP contribution in [0.15, 0.2) is 54.7 Å². The quantitative estimate of drug-likeness (QED) is 0.688. The van der Waals surface area contributed by atoms with E-state index >= 15 is 0 Å². The molecule has 3 heterocycles. The first-order valence-corrected chi connectivity index (χ1v) is 9.99. The number of anilines is 1. The molecule has 1 saturated heterocycles. The Morgan fingerprint density at radius 1 is 0.897 bits per heavy atom. The minimum Gasteiger partial charge on any atom is -0.339 e. The topological polar surface area (TPSA) is 62.2 Å². The van der Waals surface area contributed by atoms with Gasteiger partial charge in [0.15, 0.2) is 0 Å². The lowest BCUT2D eigenvalue weighted by atomic mass is 10.0. The molecular formula is C23H25N5O. The first-order valence-electron chi connectivity index (χ1n) is 9.99. The Balaban J connectivity index is 1.54. The summed E-state index contributed by atoms with van der Waals surface area (Å²) < 4.78 is 0. The second-order valence-corrected chi connectivity index (χ2v) is 7.35. The minimum absolute atomic E-state index is 0.0279. The van der Waals surface area contributed by atoms with Crippen LogP contribution in [0.25, 0.3) is 11.3 Å². The summed E-state index contributed by atoms with van der Waals surface area (Å²) >= 11 is 0. The van der Waals surface area contributed by atoms with Crippen molar-refractivity contribution in [1.29, 1.82) is 0 Å². The fourth-order valence-corrected chi connectivity index (χ4v) is 3.74. The van der Waals surface area contributed by atoms with E-state index in [1.165, 1.54) is 0 Å².